The second-order valence-electron chi connectivity index (χ2n) is 3.62. The van der Waals surface area contributed by atoms with Crippen LogP contribution < -0.4 is 16.0 Å². The third-order valence-electron chi connectivity index (χ3n) is 2.26. The van der Waals surface area contributed by atoms with Crippen molar-refractivity contribution in [2.45, 2.75) is 5.03 Å². The van der Waals surface area contributed by atoms with Crippen LogP contribution in [0.2, 0.25) is 0 Å². The monoisotopic (exact) mass is 390 g/mol. The first kappa shape index (κ1) is 14.0. The van der Waals surface area contributed by atoms with Gasteiger partial charge in [-0.2, -0.15) is 8.42 Å². The Morgan fingerprint density at radius 1 is 1.21 bits per heavy atom. The Kier molecular flexibility index (Phi) is 4.22. The number of halogens is 1. The van der Waals surface area contributed by atoms with E-state index >= 15 is 0 Å². The van der Waals surface area contributed by atoms with Crippen LogP contribution in [0.5, 0.6) is 0 Å². The highest BCUT2D eigenvalue weighted by molar-refractivity contribution is 14.1. The fraction of sp³-hybridized carbons (Fsp3) is 0. The summed E-state index contributed by atoms with van der Waals surface area (Å²) in [6, 6.07) is 10.1. The molecule has 8 heteroatoms. The summed E-state index contributed by atoms with van der Waals surface area (Å²) in [6.45, 7) is 0. The van der Waals surface area contributed by atoms with Gasteiger partial charge in [-0.3, -0.25) is 10.6 Å². The molecule has 100 valence electrons. The lowest BCUT2D eigenvalue weighted by molar-refractivity contribution is 0.598. The fourth-order valence-electron chi connectivity index (χ4n) is 1.47. The second kappa shape index (κ2) is 5.72. The molecule has 0 atom stereocenters. The largest absolute Gasteiger partial charge is 0.321 e. The van der Waals surface area contributed by atoms with E-state index in [9.17, 15) is 8.42 Å². The molecule has 0 saturated carbocycles. The first-order chi connectivity index (χ1) is 9.03. The van der Waals surface area contributed by atoms with E-state index in [2.05, 4.69) is 37.7 Å². The summed E-state index contributed by atoms with van der Waals surface area (Å²) in [5.74, 6) is 5.28. The molecule has 0 spiro atoms. The molecule has 0 saturated heterocycles. The van der Waals surface area contributed by atoms with Crippen molar-refractivity contribution in [2.24, 2.45) is 5.84 Å². The van der Waals surface area contributed by atoms with Crippen LogP contribution >= 0.6 is 22.6 Å². The molecular formula is C11H11IN4O2S. The average Bonchev–Trinajstić information content (AvgIpc) is 2.38. The molecule has 0 aliphatic rings. The van der Waals surface area contributed by atoms with E-state index in [-0.39, 0.29) is 10.7 Å². The van der Waals surface area contributed by atoms with Gasteiger partial charge in [0.25, 0.3) is 10.0 Å². The van der Waals surface area contributed by atoms with Gasteiger partial charge in [0.1, 0.15) is 0 Å². The molecule has 4 N–H and O–H groups in total. The topological polar surface area (TPSA) is 97.1 Å². The molecule has 1 aromatic heterocycles. The van der Waals surface area contributed by atoms with Crippen LogP contribution in [0.25, 0.3) is 0 Å². The summed E-state index contributed by atoms with van der Waals surface area (Å²) in [5.41, 5.74) is 3.03. The van der Waals surface area contributed by atoms with Crippen LogP contribution in [0, 0.1) is 3.57 Å². The molecule has 19 heavy (non-hydrogen) atoms. The molecule has 0 amide bonds. The van der Waals surface area contributed by atoms with Crippen LogP contribution in [0.15, 0.2) is 47.6 Å². The highest BCUT2D eigenvalue weighted by atomic mass is 127. The van der Waals surface area contributed by atoms with Crippen LogP contribution in [0.3, 0.4) is 0 Å². The first-order valence-corrected chi connectivity index (χ1v) is 7.79. The van der Waals surface area contributed by atoms with Gasteiger partial charge in [0.2, 0.25) is 5.03 Å². The Balaban J connectivity index is 2.38. The molecule has 0 unspecified atom stereocenters. The predicted octanol–water partition coefficient (Wildman–Crippen LogP) is 1.77. The molecule has 0 bridgehead atoms. The van der Waals surface area contributed by atoms with E-state index in [0.29, 0.717) is 5.69 Å². The van der Waals surface area contributed by atoms with E-state index in [4.69, 9.17) is 5.84 Å². The van der Waals surface area contributed by atoms with Crippen LogP contribution in [0.1, 0.15) is 0 Å². The highest BCUT2D eigenvalue weighted by Gasteiger charge is 2.19. The minimum Gasteiger partial charge on any atom is -0.321 e. The first-order valence-electron chi connectivity index (χ1n) is 5.23. The quantitative estimate of drug-likeness (QED) is 0.420. The van der Waals surface area contributed by atoms with Crippen molar-refractivity contribution in [1.29, 1.82) is 0 Å². The van der Waals surface area contributed by atoms with Gasteiger partial charge in [-0.15, -0.1) is 0 Å². The Morgan fingerprint density at radius 3 is 2.68 bits per heavy atom. The minimum atomic E-state index is -3.78. The van der Waals surface area contributed by atoms with Crippen LogP contribution in [-0.4, -0.2) is 13.4 Å². The van der Waals surface area contributed by atoms with Crippen molar-refractivity contribution in [3.05, 3.63) is 46.2 Å². The number of sulfonamides is 1. The Bertz CT molecular complexity index is 691. The third kappa shape index (κ3) is 3.33. The van der Waals surface area contributed by atoms with E-state index in [1.165, 1.54) is 12.3 Å². The molecule has 0 aliphatic carbocycles. The van der Waals surface area contributed by atoms with Crippen molar-refractivity contribution in [3.63, 3.8) is 0 Å². The van der Waals surface area contributed by atoms with Crippen molar-refractivity contribution in [2.75, 3.05) is 10.1 Å². The van der Waals surface area contributed by atoms with Crippen molar-refractivity contribution < 1.29 is 8.42 Å². The molecule has 6 nitrogen and oxygen atoms in total. The zero-order valence-electron chi connectivity index (χ0n) is 9.67. The lowest BCUT2D eigenvalue weighted by atomic mass is 10.3. The number of nitrogens with zero attached hydrogens (tertiary/aromatic N) is 1. The molecule has 0 aliphatic heterocycles. The Morgan fingerprint density at radius 2 is 2.00 bits per heavy atom. The molecule has 0 fully saturated rings. The number of rotatable bonds is 4. The smallest absolute Gasteiger partial charge is 0.281 e. The minimum absolute atomic E-state index is 0.142. The van der Waals surface area contributed by atoms with E-state index in [0.717, 1.165) is 3.57 Å². The summed E-state index contributed by atoms with van der Waals surface area (Å²) >= 11 is 2.10. The second-order valence-corrected chi connectivity index (χ2v) is 6.46. The number of hydrogen-bond acceptors (Lipinski definition) is 5. The fourth-order valence-corrected chi connectivity index (χ4v) is 3.16. The van der Waals surface area contributed by atoms with Gasteiger partial charge >= 0.3 is 0 Å². The van der Waals surface area contributed by atoms with Crippen molar-refractivity contribution in [3.8, 4) is 0 Å². The number of hydrogen-bond donors (Lipinski definition) is 3. The van der Waals surface area contributed by atoms with E-state index in [1.807, 2.05) is 6.07 Å². The summed E-state index contributed by atoms with van der Waals surface area (Å²) in [5, 5.41) is -0.142. The zero-order chi connectivity index (χ0) is 13.9. The summed E-state index contributed by atoms with van der Waals surface area (Å²) in [7, 11) is -3.78. The van der Waals surface area contributed by atoms with Gasteiger partial charge in [-0.1, -0.05) is 6.07 Å². The number of pyridine rings is 1. The number of nitrogens with one attached hydrogen (secondary N) is 2. The summed E-state index contributed by atoms with van der Waals surface area (Å²) < 4.78 is 27.8. The standard InChI is InChI=1S/C11H11IN4O2S/c12-8-3-1-4-9(7-8)16-19(17,18)11-10(15-13)5-2-6-14-11/h1-7,15-16H,13H2. The lowest BCUT2D eigenvalue weighted by Crippen LogP contribution is -2.18. The third-order valence-corrected chi connectivity index (χ3v) is 4.27. The molecular weight excluding hydrogens is 379 g/mol. The maximum Gasteiger partial charge on any atom is 0.281 e. The predicted molar refractivity (Wildman–Crippen MR) is 82.0 cm³/mol. The SMILES string of the molecule is NNc1cccnc1S(=O)(=O)Nc1cccc(I)c1. The van der Waals surface area contributed by atoms with Gasteiger partial charge in [-0.05, 0) is 52.9 Å². The molecule has 2 aromatic rings. The maximum absolute atomic E-state index is 12.2. The highest BCUT2D eigenvalue weighted by Crippen LogP contribution is 2.21. The van der Waals surface area contributed by atoms with Crippen LogP contribution in [0.4, 0.5) is 11.4 Å². The molecule has 2 rings (SSSR count). The van der Waals surface area contributed by atoms with Gasteiger partial charge in [-0.25, -0.2) is 4.98 Å². The van der Waals surface area contributed by atoms with Gasteiger partial charge in [0.05, 0.1) is 5.69 Å². The Labute approximate surface area is 124 Å². The van der Waals surface area contributed by atoms with E-state index < -0.39 is 10.0 Å². The normalized spacial score (nSPS) is 11.1. The Hall–Kier alpha value is -1.39. The number of benzene rings is 1. The van der Waals surface area contributed by atoms with Gasteiger partial charge in [0, 0.05) is 15.5 Å². The number of anilines is 2. The van der Waals surface area contributed by atoms with Gasteiger partial charge in [0.15, 0.2) is 0 Å². The number of hydrazine groups is 1. The molecule has 0 radical (unpaired) electrons. The van der Waals surface area contributed by atoms with Gasteiger partial charge < -0.3 is 5.43 Å². The zero-order valence-corrected chi connectivity index (χ0v) is 12.6. The summed E-state index contributed by atoms with van der Waals surface area (Å²) in [6.07, 6.45) is 1.39. The average molecular weight is 390 g/mol. The van der Waals surface area contributed by atoms with Crippen molar-refractivity contribution in [1.82, 2.24) is 4.98 Å². The van der Waals surface area contributed by atoms with Crippen LogP contribution in [-0.2, 0) is 10.0 Å². The number of nitrogen functional groups attached to an aromatic ring is 1. The lowest BCUT2D eigenvalue weighted by Gasteiger charge is -2.10. The molecule has 1 aromatic carbocycles. The summed E-state index contributed by atoms with van der Waals surface area (Å²) in [4.78, 5) is 3.84. The van der Waals surface area contributed by atoms with E-state index in [1.54, 1.807) is 24.3 Å². The maximum atomic E-state index is 12.2. The van der Waals surface area contributed by atoms with Crippen molar-refractivity contribution >= 4 is 44.0 Å². The number of nitrogens with two attached hydrogens (primary N) is 1. The molecule has 1 heterocycles. The number of aromatic nitrogens is 1.